The zero-order valence-corrected chi connectivity index (χ0v) is 15.1. The maximum atomic E-state index is 13.7. The Kier molecular flexibility index (Phi) is 4.69. The largest absolute Gasteiger partial charge is 0.342 e. The number of carbonyl (C=O) groups excluding carboxylic acids is 1. The molecule has 3 aromatic rings. The Morgan fingerprint density at radius 2 is 2.00 bits per heavy atom. The van der Waals surface area contributed by atoms with Crippen LogP contribution in [0.2, 0.25) is 0 Å². The molecule has 3 heterocycles. The highest BCUT2D eigenvalue weighted by Gasteiger charge is 2.26. The van der Waals surface area contributed by atoms with Gasteiger partial charge in [0.15, 0.2) is 0 Å². The maximum Gasteiger partial charge on any atom is 0.287 e. The van der Waals surface area contributed by atoms with E-state index in [0.29, 0.717) is 36.1 Å². The lowest BCUT2D eigenvalue weighted by Gasteiger charge is -2.32. The van der Waals surface area contributed by atoms with E-state index in [1.807, 2.05) is 0 Å². The van der Waals surface area contributed by atoms with Gasteiger partial charge in [0.1, 0.15) is 21.9 Å². The summed E-state index contributed by atoms with van der Waals surface area (Å²) < 4.78 is 28.7. The van der Waals surface area contributed by atoms with Crippen LogP contribution in [-0.2, 0) is 11.2 Å². The quantitative estimate of drug-likeness (QED) is 0.689. The maximum absolute atomic E-state index is 13.7. The van der Waals surface area contributed by atoms with Crippen LogP contribution in [0.5, 0.6) is 0 Å². The van der Waals surface area contributed by atoms with E-state index >= 15 is 0 Å². The molecule has 27 heavy (non-hydrogen) atoms. The number of benzene rings is 1. The second kappa shape index (κ2) is 7.15. The Balaban J connectivity index is 1.43. The normalized spacial score (nSPS) is 15.4. The number of carbonyl (C=O) groups is 1. The van der Waals surface area contributed by atoms with Gasteiger partial charge in [-0.2, -0.15) is 0 Å². The van der Waals surface area contributed by atoms with Crippen LogP contribution in [0, 0.1) is 11.6 Å². The van der Waals surface area contributed by atoms with E-state index in [-0.39, 0.29) is 29.5 Å². The summed E-state index contributed by atoms with van der Waals surface area (Å²) in [4.78, 5) is 26.6. The van der Waals surface area contributed by atoms with Gasteiger partial charge in [-0.1, -0.05) is 11.3 Å². The van der Waals surface area contributed by atoms with Gasteiger partial charge in [0.25, 0.3) is 5.56 Å². The Bertz CT molecular complexity index is 1060. The molecular weight excluding hydrogens is 374 g/mol. The molecule has 9 heteroatoms. The average Bonchev–Trinajstić information content (AvgIpc) is 3.14. The van der Waals surface area contributed by atoms with Crippen LogP contribution < -0.4 is 5.56 Å². The molecule has 0 saturated carbocycles. The summed E-state index contributed by atoms with van der Waals surface area (Å²) in [5, 5.41) is 9.91. The lowest BCUT2D eigenvalue weighted by molar-refractivity contribution is -0.131. The summed E-state index contributed by atoms with van der Waals surface area (Å²) in [6.45, 7) is 0.895. The van der Waals surface area contributed by atoms with Gasteiger partial charge >= 0.3 is 0 Å². The smallest absolute Gasteiger partial charge is 0.287 e. The first-order chi connectivity index (χ1) is 13.0. The molecule has 1 fully saturated rings. The molecule has 0 aliphatic carbocycles. The number of piperidine rings is 1. The molecule has 2 aromatic heterocycles. The minimum absolute atomic E-state index is 0.113. The fourth-order valence-corrected chi connectivity index (χ4v) is 4.08. The Labute approximate surface area is 157 Å². The third-order valence-corrected chi connectivity index (χ3v) is 5.71. The summed E-state index contributed by atoms with van der Waals surface area (Å²) in [7, 11) is 0. The number of rotatable bonds is 3. The molecule has 6 nitrogen and oxygen atoms in total. The Morgan fingerprint density at radius 1 is 1.22 bits per heavy atom. The second-order valence-electron chi connectivity index (χ2n) is 6.50. The first-order valence-electron chi connectivity index (χ1n) is 8.57. The van der Waals surface area contributed by atoms with Crippen molar-refractivity contribution in [2.75, 3.05) is 13.1 Å². The molecule has 1 aliphatic rings. The van der Waals surface area contributed by atoms with Crippen molar-refractivity contribution in [3.05, 3.63) is 57.2 Å². The third kappa shape index (κ3) is 3.46. The molecular formula is C18H16F2N4O2S. The average molecular weight is 390 g/mol. The summed E-state index contributed by atoms with van der Waals surface area (Å²) in [5.74, 6) is -1.60. The number of fused-ring (bicyclic) bond motifs is 1. The first-order valence-corrected chi connectivity index (χ1v) is 9.45. The van der Waals surface area contributed by atoms with E-state index in [4.69, 9.17) is 0 Å². The topological polar surface area (TPSA) is 68.1 Å². The van der Waals surface area contributed by atoms with Crippen molar-refractivity contribution >= 4 is 27.5 Å². The van der Waals surface area contributed by atoms with E-state index in [2.05, 4.69) is 10.3 Å². The van der Waals surface area contributed by atoms with Crippen LogP contribution in [0.25, 0.3) is 10.2 Å². The Morgan fingerprint density at radius 3 is 2.74 bits per heavy atom. The van der Waals surface area contributed by atoms with Gasteiger partial charge in [-0.25, -0.2) is 13.5 Å². The number of hydrogen-bond donors (Lipinski definition) is 0. The molecule has 4 rings (SSSR count). The number of hydrogen-bond acceptors (Lipinski definition) is 5. The van der Waals surface area contributed by atoms with E-state index in [1.54, 1.807) is 16.3 Å². The van der Waals surface area contributed by atoms with Crippen LogP contribution in [-0.4, -0.2) is 38.9 Å². The van der Waals surface area contributed by atoms with Crippen molar-refractivity contribution in [2.45, 2.75) is 25.3 Å². The van der Waals surface area contributed by atoms with Gasteiger partial charge in [0.2, 0.25) is 5.91 Å². The van der Waals surface area contributed by atoms with Crippen LogP contribution in [0.4, 0.5) is 8.78 Å². The molecule has 1 amide bonds. The first kappa shape index (κ1) is 17.7. The lowest BCUT2D eigenvalue weighted by atomic mass is 10.0. The van der Waals surface area contributed by atoms with Crippen molar-refractivity contribution in [1.29, 1.82) is 0 Å². The molecule has 1 saturated heterocycles. The van der Waals surface area contributed by atoms with Gasteiger partial charge in [-0.05, 0) is 35.9 Å². The highest BCUT2D eigenvalue weighted by atomic mass is 32.1. The number of thiophene rings is 1. The van der Waals surface area contributed by atoms with Crippen LogP contribution in [0.1, 0.15) is 24.4 Å². The highest BCUT2D eigenvalue weighted by Crippen LogP contribution is 2.22. The van der Waals surface area contributed by atoms with Crippen molar-refractivity contribution in [3.8, 4) is 0 Å². The SMILES string of the molecule is O=C(Cc1ccc(F)cc1F)N1CCC(n2nnc3ccsc3c2=O)CC1. The fourth-order valence-electron chi connectivity index (χ4n) is 3.32. The molecule has 140 valence electrons. The van der Waals surface area contributed by atoms with Crippen molar-refractivity contribution in [3.63, 3.8) is 0 Å². The molecule has 0 bridgehead atoms. The van der Waals surface area contributed by atoms with Gasteiger partial charge in [-0.3, -0.25) is 9.59 Å². The fraction of sp³-hybridized carbons (Fsp3) is 0.333. The molecule has 1 aromatic carbocycles. The van der Waals surface area contributed by atoms with Gasteiger partial charge in [0.05, 0.1) is 12.5 Å². The minimum atomic E-state index is -0.718. The zero-order chi connectivity index (χ0) is 19.0. The van der Waals surface area contributed by atoms with Crippen molar-refractivity contribution < 1.29 is 13.6 Å². The molecule has 0 unspecified atom stereocenters. The van der Waals surface area contributed by atoms with Crippen molar-refractivity contribution in [2.24, 2.45) is 0 Å². The number of nitrogens with zero attached hydrogens (tertiary/aromatic N) is 4. The zero-order valence-electron chi connectivity index (χ0n) is 14.3. The number of amides is 1. The number of halogens is 2. The highest BCUT2D eigenvalue weighted by molar-refractivity contribution is 7.17. The van der Waals surface area contributed by atoms with E-state index in [0.717, 1.165) is 12.1 Å². The van der Waals surface area contributed by atoms with E-state index in [9.17, 15) is 18.4 Å². The van der Waals surface area contributed by atoms with Crippen molar-refractivity contribution in [1.82, 2.24) is 19.9 Å². The number of likely N-dealkylation sites (tertiary alicyclic amines) is 1. The molecule has 0 N–H and O–H groups in total. The van der Waals surface area contributed by atoms with Gasteiger partial charge in [0, 0.05) is 19.2 Å². The number of aromatic nitrogens is 3. The lowest BCUT2D eigenvalue weighted by Crippen LogP contribution is -2.42. The monoisotopic (exact) mass is 390 g/mol. The molecule has 1 aliphatic heterocycles. The summed E-state index contributed by atoms with van der Waals surface area (Å²) in [6, 6.07) is 4.85. The van der Waals surface area contributed by atoms with E-state index in [1.165, 1.54) is 22.1 Å². The van der Waals surface area contributed by atoms with Crippen LogP contribution in [0.15, 0.2) is 34.4 Å². The van der Waals surface area contributed by atoms with Gasteiger partial charge < -0.3 is 4.90 Å². The summed E-state index contributed by atoms with van der Waals surface area (Å²) in [6.07, 6.45) is 1.03. The predicted octanol–water partition coefficient (Wildman–Crippen LogP) is 2.54. The standard InChI is InChI=1S/C18H16F2N4O2S/c19-12-2-1-11(14(20)10-12)9-16(25)23-6-3-13(4-7-23)24-18(26)17-15(21-22-24)5-8-27-17/h1-2,5,8,10,13H,3-4,6-7,9H2. The third-order valence-electron chi connectivity index (χ3n) is 4.82. The van der Waals surface area contributed by atoms with Crippen LogP contribution >= 0.6 is 11.3 Å². The Hall–Kier alpha value is -2.68. The predicted molar refractivity (Wildman–Crippen MR) is 96.6 cm³/mol. The minimum Gasteiger partial charge on any atom is -0.342 e. The molecule has 0 spiro atoms. The summed E-state index contributed by atoms with van der Waals surface area (Å²) in [5.41, 5.74) is 0.608. The molecule has 0 radical (unpaired) electrons. The van der Waals surface area contributed by atoms with Crippen LogP contribution in [0.3, 0.4) is 0 Å². The molecule has 0 atom stereocenters. The second-order valence-corrected chi connectivity index (χ2v) is 7.41. The van der Waals surface area contributed by atoms with Gasteiger partial charge in [-0.15, -0.1) is 16.4 Å². The van der Waals surface area contributed by atoms with E-state index < -0.39 is 11.6 Å². The summed E-state index contributed by atoms with van der Waals surface area (Å²) >= 11 is 1.34.